The second kappa shape index (κ2) is 5.71. The third-order valence-corrected chi connectivity index (χ3v) is 3.05. The average Bonchev–Trinajstić information content (AvgIpc) is 2.45. The molecule has 19 heavy (non-hydrogen) atoms. The summed E-state index contributed by atoms with van der Waals surface area (Å²) in [6, 6.07) is 9.24. The number of rotatable bonds is 4. The van der Waals surface area contributed by atoms with Crippen LogP contribution in [0.25, 0.3) is 0 Å². The molecular formula is C15H18N2O2. The van der Waals surface area contributed by atoms with Gasteiger partial charge in [-0.25, -0.2) is 0 Å². The summed E-state index contributed by atoms with van der Waals surface area (Å²) >= 11 is 0. The van der Waals surface area contributed by atoms with E-state index in [1.165, 1.54) is 0 Å². The minimum absolute atomic E-state index is 0.272. The van der Waals surface area contributed by atoms with Gasteiger partial charge in [-0.1, -0.05) is 0 Å². The summed E-state index contributed by atoms with van der Waals surface area (Å²) in [6.45, 7) is 1.94. The standard InChI is InChI=1S/C15H18N2O2/c1-10-8-11(6-7-17-10)15(16)13-9-12(18-2)4-5-14(13)19-3/h4-9,15H,16H2,1-3H3. The molecule has 1 aromatic carbocycles. The quantitative estimate of drug-likeness (QED) is 0.915. The highest BCUT2D eigenvalue weighted by Gasteiger charge is 2.15. The summed E-state index contributed by atoms with van der Waals surface area (Å²) in [5, 5.41) is 0. The van der Waals surface area contributed by atoms with E-state index in [1.54, 1.807) is 20.4 Å². The maximum Gasteiger partial charge on any atom is 0.124 e. The molecule has 2 rings (SSSR count). The Labute approximate surface area is 113 Å². The molecule has 1 unspecified atom stereocenters. The Morgan fingerprint density at radius 2 is 1.89 bits per heavy atom. The summed E-state index contributed by atoms with van der Waals surface area (Å²) in [5.74, 6) is 1.51. The van der Waals surface area contributed by atoms with Crippen molar-refractivity contribution in [1.82, 2.24) is 4.98 Å². The van der Waals surface area contributed by atoms with Gasteiger partial charge in [0.1, 0.15) is 11.5 Å². The number of nitrogens with zero attached hydrogens (tertiary/aromatic N) is 1. The molecule has 2 aromatic rings. The first kappa shape index (κ1) is 13.4. The van der Waals surface area contributed by atoms with Crippen LogP contribution in [-0.4, -0.2) is 19.2 Å². The van der Waals surface area contributed by atoms with Crippen LogP contribution < -0.4 is 15.2 Å². The number of benzene rings is 1. The lowest BCUT2D eigenvalue weighted by atomic mass is 9.98. The summed E-state index contributed by atoms with van der Waals surface area (Å²) < 4.78 is 10.6. The Morgan fingerprint density at radius 3 is 2.53 bits per heavy atom. The second-order valence-corrected chi connectivity index (χ2v) is 4.32. The Balaban J connectivity index is 2.44. The minimum atomic E-state index is -0.272. The molecule has 0 fully saturated rings. The van der Waals surface area contributed by atoms with Gasteiger partial charge in [-0.2, -0.15) is 0 Å². The molecular weight excluding hydrogens is 240 g/mol. The average molecular weight is 258 g/mol. The van der Waals surface area contributed by atoms with Crippen LogP contribution in [-0.2, 0) is 0 Å². The number of methoxy groups -OCH3 is 2. The summed E-state index contributed by atoms with van der Waals surface area (Å²) in [4.78, 5) is 4.18. The Bertz CT molecular complexity index is 570. The number of ether oxygens (including phenoxy) is 2. The normalized spacial score (nSPS) is 12.0. The van der Waals surface area contributed by atoms with Gasteiger partial charge in [0, 0.05) is 17.5 Å². The van der Waals surface area contributed by atoms with E-state index in [4.69, 9.17) is 15.2 Å². The van der Waals surface area contributed by atoms with E-state index >= 15 is 0 Å². The van der Waals surface area contributed by atoms with Crippen LogP contribution in [0.3, 0.4) is 0 Å². The molecule has 4 nitrogen and oxygen atoms in total. The molecule has 0 aliphatic heterocycles. The lowest BCUT2D eigenvalue weighted by Crippen LogP contribution is -2.13. The van der Waals surface area contributed by atoms with Gasteiger partial charge < -0.3 is 15.2 Å². The van der Waals surface area contributed by atoms with Crippen LogP contribution in [0.15, 0.2) is 36.5 Å². The highest BCUT2D eigenvalue weighted by molar-refractivity contribution is 5.45. The molecule has 100 valence electrons. The maximum absolute atomic E-state index is 6.32. The first-order valence-corrected chi connectivity index (χ1v) is 6.05. The van der Waals surface area contributed by atoms with Gasteiger partial charge in [-0.3, -0.25) is 4.98 Å². The van der Waals surface area contributed by atoms with Crippen molar-refractivity contribution in [2.75, 3.05) is 14.2 Å². The van der Waals surface area contributed by atoms with E-state index in [0.29, 0.717) is 0 Å². The summed E-state index contributed by atoms with van der Waals surface area (Å²) in [7, 11) is 3.27. The first-order valence-electron chi connectivity index (χ1n) is 6.05. The van der Waals surface area contributed by atoms with E-state index in [-0.39, 0.29) is 6.04 Å². The van der Waals surface area contributed by atoms with E-state index in [9.17, 15) is 0 Å². The third-order valence-electron chi connectivity index (χ3n) is 3.05. The summed E-state index contributed by atoms with van der Waals surface area (Å²) in [6.07, 6.45) is 1.76. The summed E-state index contributed by atoms with van der Waals surface area (Å²) in [5.41, 5.74) is 9.16. The largest absolute Gasteiger partial charge is 0.497 e. The molecule has 0 saturated carbocycles. The topological polar surface area (TPSA) is 57.4 Å². The zero-order valence-electron chi connectivity index (χ0n) is 11.4. The zero-order valence-corrected chi connectivity index (χ0v) is 11.4. The fourth-order valence-electron chi connectivity index (χ4n) is 2.02. The van der Waals surface area contributed by atoms with Crippen molar-refractivity contribution in [3.05, 3.63) is 53.3 Å². The number of aryl methyl sites for hydroxylation is 1. The third kappa shape index (κ3) is 2.85. The van der Waals surface area contributed by atoms with Crippen LogP contribution in [0.1, 0.15) is 22.9 Å². The molecule has 0 bridgehead atoms. The Kier molecular flexibility index (Phi) is 4.02. The molecule has 0 aliphatic carbocycles. The maximum atomic E-state index is 6.32. The van der Waals surface area contributed by atoms with E-state index < -0.39 is 0 Å². The number of nitrogens with two attached hydrogens (primary N) is 1. The van der Waals surface area contributed by atoms with Crippen LogP contribution in [0.2, 0.25) is 0 Å². The highest BCUT2D eigenvalue weighted by Crippen LogP contribution is 2.31. The molecule has 0 radical (unpaired) electrons. The zero-order chi connectivity index (χ0) is 13.8. The van der Waals surface area contributed by atoms with Crippen LogP contribution >= 0.6 is 0 Å². The Morgan fingerprint density at radius 1 is 1.11 bits per heavy atom. The van der Waals surface area contributed by atoms with Crippen molar-refractivity contribution in [3.63, 3.8) is 0 Å². The number of aromatic nitrogens is 1. The van der Waals surface area contributed by atoms with Gasteiger partial charge in [0.15, 0.2) is 0 Å². The SMILES string of the molecule is COc1ccc(OC)c(C(N)c2ccnc(C)c2)c1. The monoisotopic (exact) mass is 258 g/mol. The van der Waals surface area contributed by atoms with Gasteiger partial charge >= 0.3 is 0 Å². The van der Waals surface area contributed by atoms with Crippen molar-refractivity contribution in [3.8, 4) is 11.5 Å². The van der Waals surface area contributed by atoms with Gasteiger partial charge in [0.2, 0.25) is 0 Å². The highest BCUT2D eigenvalue weighted by atomic mass is 16.5. The molecule has 4 heteroatoms. The lowest BCUT2D eigenvalue weighted by molar-refractivity contribution is 0.397. The number of hydrogen-bond donors (Lipinski definition) is 1. The van der Waals surface area contributed by atoms with Gasteiger partial charge in [-0.15, -0.1) is 0 Å². The van der Waals surface area contributed by atoms with Crippen molar-refractivity contribution in [2.45, 2.75) is 13.0 Å². The molecule has 1 atom stereocenters. The molecule has 0 aliphatic rings. The fraction of sp³-hybridized carbons (Fsp3) is 0.267. The molecule has 1 heterocycles. The van der Waals surface area contributed by atoms with Crippen LogP contribution in [0, 0.1) is 6.92 Å². The van der Waals surface area contributed by atoms with Gasteiger partial charge in [0.05, 0.1) is 20.3 Å². The van der Waals surface area contributed by atoms with Gasteiger partial charge in [-0.05, 0) is 42.8 Å². The molecule has 1 aromatic heterocycles. The van der Waals surface area contributed by atoms with Crippen LogP contribution in [0.5, 0.6) is 11.5 Å². The van der Waals surface area contributed by atoms with E-state index in [2.05, 4.69) is 4.98 Å². The van der Waals surface area contributed by atoms with Gasteiger partial charge in [0.25, 0.3) is 0 Å². The fourth-order valence-corrected chi connectivity index (χ4v) is 2.02. The van der Waals surface area contributed by atoms with Crippen molar-refractivity contribution < 1.29 is 9.47 Å². The van der Waals surface area contributed by atoms with Crippen molar-refractivity contribution in [1.29, 1.82) is 0 Å². The molecule has 0 saturated heterocycles. The smallest absolute Gasteiger partial charge is 0.124 e. The van der Waals surface area contributed by atoms with E-state index in [1.807, 2.05) is 37.3 Å². The number of hydrogen-bond acceptors (Lipinski definition) is 4. The first-order chi connectivity index (χ1) is 9.15. The predicted molar refractivity (Wildman–Crippen MR) is 74.6 cm³/mol. The number of pyridine rings is 1. The van der Waals surface area contributed by atoms with Crippen LogP contribution in [0.4, 0.5) is 0 Å². The molecule has 0 spiro atoms. The predicted octanol–water partition coefficient (Wildman–Crippen LogP) is 2.46. The van der Waals surface area contributed by atoms with E-state index in [0.717, 1.165) is 28.3 Å². The molecule has 2 N–H and O–H groups in total. The minimum Gasteiger partial charge on any atom is -0.497 e. The Hall–Kier alpha value is -2.07. The van der Waals surface area contributed by atoms with Crippen molar-refractivity contribution >= 4 is 0 Å². The molecule has 0 amide bonds. The second-order valence-electron chi connectivity index (χ2n) is 4.32. The lowest BCUT2D eigenvalue weighted by Gasteiger charge is -2.17. The van der Waals surface area contributed by atoms with Crippen molar-refractivity contribution in [2.24, 2.45) is 5.73 Å².